The van der Waals surface area contributed by atoms with Gasteiger partial charge in [-0.25, -0.2) is 0 Å². The van der Waals surface area contributed by atoms with Crippen molar-refractivity contribution in [1.29, 1.82) is 0 Å². The Kier molecular flexibility index (Phi) is 7.06. The third-order valence-corrected chi connectivity index (χ3v) is 6.15. The van der Waals surface area contributed by atoms with Gasteiger partial charge in [-0.05, 0) is 48.9 Å². The Morgan fingerprint density at radius 2 is 1.68 bits per heavy atom. The van der Waals surface area contributed by atoms with Gasteiger partial charge >= 0.3 is 0 Å². The summed E-state index contributed by atoms with van der Waals surface area (Å²) in [7, 11) is 2.19. The van der Waals surface area contributed by atoms with Crippen molar-refractivity contribution in [2.24, 2.45) is 0 Å². The van der Waals surface area contributed by atoms with Crippen LogP contribution in [0.15, 0.2) is 52.3 Å². The molecule has 0 bridgehead atoms. The van der Waals surface area contributed by atoms with E-state index in [1.807, 2.05) is 17.8 Å². The van der Waals surface area contributed by atoms with E-state index >= 15 is 0 Å². The normalized spacial score (nSPS) is 20.4. The standard InChI is InChI=1S/C19H22N2OS.2ClH/c1-20-8-10-21(11-9-20)17-12-14-4-2-3-5-18(14)23-19-7-6-15(22)13-16(17)19;;/h2-7,13,17,22H,8-12H2,1H3;2*1H. The van der Waals surface area contributed by atoms with Crippen molar-refractivity contribution >= 4 is 36.6 Å². The van der Waals surface area contributed by atoms with Gasteiger partial charge in [0.05, 0.1) is 0 Å². The van der Waals surface area contributed by atoms with Crippen molar-refractivity contribution in [3.05, 3.63) is 53.6 Å². The van der Waals surface area contributed by atoms with E-state index in [9.17, 15) is 5.11 Å². The minimum atomic E-state index is 0. The molecule has 2 aromatic carbocycles. The number of rotatable bonds is 1. The largest absolute Gasteiger partial charge is 0.508 e. The van der Waals surface area contributed by atoms with Crippen LogP contribution in [0.25, 0.3) is 0 Å². The highest BCUT2D eigenvalue weighted by Crippen LogP contribution is 2.43. The van der Waals surface area contributed by atoms with Gasteiger partial charge in [-0.15, -0.1) is 24.8 Å². The van der Waals surface area contributed by atoms with Gasteiger partial charge < -0.3 is 10.0 Å². The molecule has 0 amide bonds. The van der Waals surface area contributed by atoms with Crippen LogP contribution in [0.2, 0.25) is 0 Å². The molecule has 1 unspecified atom stereocenters. The first-order valence-corrected chi connectivity index (χ1v) is 9.03. The number of hydrogen-bond donors (Lipinski definition) is 1. The summed E-state index contributed by atoms with van der Waals surface area (Å²) in [6.07, 6.45) is 1.02. The van der Waals surface area contributed by atoms with Crippen LogP contribution in [-0.4, -0.2) is 48.1 Å². The molecule has 0 aromatic heterocycles. The van der Waals surface area contributed by atoms with Crippen molar-refractivity contribution in [1.82, 2.24) is 9.80 Å². The summed E-state index contributed by atoms with van der Waals surface area (Å²) >= 11 is 1.83. The fourth-order valence-corrected chi connectivity index (χ4v) is 4.67. The van der Waals surface area contributed by atoms with E-state index in [-0.39, 0.29) is 24.8 Å². The first-order chi connectivity index (χ1) is 11.2. The molecule has 0 spiro atoms. The highest BCUT2D eigenvalue weighted by molar-refractivity contribution is 7.99. The third-order valence-electron chi connectivity index (χ3n) is 4.94. The lowest BCUT2D eigenvalue weighted by Crippen LogP contribution is -2.46. The molecule has 136 valence electrons. The molecule has 1 fully saturated rings. The van der Waals surface area contributed by atoms with E-state index in [1.54, 1.807) is 6.07 Å². The summed E-state index contributed by atoms with van der Waals surface area (Å²) in [6.45, 7) is 4.39. The molecule has 1 N–H and O–H groups in total. The second-order valence-electron chi connectivity index (χ2n) is 6.49. The molecule has 1 atom stereocenters. The number of aromatic hydroxyl groups is 1. The van der Waals surface area contributed by atoms with Crippen molar-refractivity contribution in [3.8, 4) is 5.75 Å². The molecule has 3 nitrogen and oxygen atoms in total. The lowest BCUT2D eigenvalue weighted by Gasteiger charge is -2.38. The monoisotopic (exact) mass is 398 g/mol. The minimum Gasteiger partial charge on any atom is -0.508 e. The van der Waals surface area contributed by atoms with Crippen LogP contribution < -0.4 is 0 Å². The summed E-state index contributed by atoms with van der Waals surface area (Å²) in [6, 6.07) is 14.9. The molecular formula is C19H24Cl2N2OS. The Hall–Kier alpha value is -0.910. The number of nitrogens with zero attached hydrogens (tertiary/aromatic N) is 2. The van der Waals surface area contributed by atoms with Gasteiger partial charge in [0.2, 0.25) is 0 Å². The highest BCUT2D eigenvalue weighted by Gasteiger charge is 2.29. The van der Waals surface area contributed by atoms with Crippen LogP contribution in [0, 0.1) is 0 Å². The van der Waals surface area contributed by atoms with Gasteiger partial charge in [-0.3, -0.25) is 4.90 Å². The smallest absolute Gasteiger partial charge is 0.115 e. The second kappa shape index (κ2) is 8.65. The maximum Gasteiger partial charge on any atom is 0.115 e. The number of phenols is 1. The molecule has 2 heterocycles. The summed E-state index contributed by atoms with van der Waals surface area (Å²) < 4.78 is 0. The Labute approximate surface area is 166 Å². The number of halogens is 2. The third kappa shape index (κ3) is 4.26. The van der Waals surface area contributed by atoms with E-state index in [4.69, 9.17) is 0 Å². The Morgan fingerprint density at radius 3 is 2.44 bits per heavy atom. The van der Waals surface area contributed by atoms with Gasteiger partial charge in [0.15, 0.2) is 0 Å². The highest BCUT2D eigenvalue weighted by atomic mass is 35.5. The van der Waals surface area contributed by atoms with Crippen LogP contribution in [0.1, 0.15) is 17.2 Å². The number of phenolic OH excluding ortho intramolecular Hbond substituents is 1. The number of hydrogen-bond acceptors (Lipinski definition) is 4. The van der Waals surface area contributed by atoms with E-state index < -0.39 is 0 Å². The molecule has 6 heteroatoms. The Bertz CT molecular complexity index is 720. The quantitative estimate of drug-likeness (QED) is 0.777. The van der Waals surface area contributed by atoms with Crippen molar-refractivity contribution in [2.75, 3.05) is 33.2 Å². The molecule has 25 heavy (non-hydrogen) atoms. The molecular weight excluding hydrogens is 375 g/mol. The van der Waals surface area contributed by atoms with Crippen LogP contribution in [0.5, 0.6) is 5.75 Å². The predicted molar refractivity (Wildman–Crippen MR) is 109 cm³/mol. The summed E-state index contributed by atoms with van der Waals surface area (Å²) in [5.74, 6) is 0.370. The minimum absolute atomic E-state index is 0. The van der Waals surface area contributed by atoms with E-state index in [0.29, 0.717) is 11.8 Å². The zero-order valence-corrected chi connectivity index (χ0v) is 16.7. The first kappa shape index (κ1) is 20.4. The fraction of sp³-hybridized carbons (Fsp3) is 0.368. The summed E-state index contributed by atoms with van der Waals surface area (Å²) in [5.41, 5.74) is 2.69. The van der Waals surface area contributed by atoms with Gasteiger partial charge in [0.1, 0.15) is 5.75 Å². The lowest BCUT2D eigenvalue weighted by molar-refractivity contribution is 0.109. The van der Waals surface area contributed by atoms with E-state index in [1.165, 1.54) is 20.9 Å². The molecule has 0 aliphatic carbocycles. The Morgan fingerprint density at radius 1 is 0.960 bits per heavy atom. The zero-order chi connectivity index (χ0) is 15.8. The molecule has 4 rings (SSSR count). The maximum absolute atomic E-state index is 10.0. The van der Waals surface area contributed by atoms with Crippen LogP contribution in [-0.2, 0) is 6.42 Å². The molecule has 2 aliphatic rings. The van der Waals surface area contributed by atoms with Crippen molar-refractivity contribution in [3.63, 3.8) is 0 Å². The number of piperazine rings is 1. The predicted octanol–water partition coefficient (Wildman–Crippen LogP) is 4.23. The van der Waals surface area contributed by atoms with Gasteiger partial charge in [-0.2, -0.15) is 0 Å². The van der Waals surface area contributed by atoms with Crippen LogP contribution in [0.3, 0.4) is 0 Å². The second-order valence-corrected chi connectivity index (χ2v) is 7.57. The van der Waals surface area contributed by atoms with Crippen molar-refractivity contribution in [2.45, 2.75) is 22.3 Å². The van der Waals surface area contributed by atoms with Gasteiger partial charge in [0, 0.05) is 42.0 Å². The summed E-state index contributed by atoms with van der Waals surface area (Å²) in [4.78, 5) is 7.59. The molecule has 1 saturated heterocycles. The average Bonchev–Trinajstić information content (AvgIpc) is 2.72. The average molecular weight is 399 g/mol. The van der Waals surface area contributed by atoms with E-state index in [0.717, 1.165) is 32.6 Å². The topological polar surface area (TPSA) is 26.7 Å². The maximum atomic E-state index is 10.0. The number of likely N-dealkylation sites (N-methyl/N-ethyl adjacent to an activating group) is 1. The molecule has 2 aromatic rings. The van der Waals surface area contributed by atoms with E-state index in [2.05, 4.69) is 47.2 Å². The molecule has 0 saturated carbocycles. The Balaban J connectivity index is 0.00000113. The fourth-order valence-electron chi connectivity index (χ4n) is 3.56. The number of fused-ring (bicyclic) bond motifs is 2. The number of benzene rings is 2. The first-order valence-electron chi connectivity index (χ1n) is 8.22. The van der Waals surface area contributed by atoms with Gasteiger partial charge in [-0.1, -0.05) is 30.0 Å². The zero-order valence-electron chi connectivity index (χ0n) is 14.2. The SMILES string of the molecule is CN1CCN(C2Cc3ccccc3Sc3ccc(O)cc32)CC1.Cl.Cl. The van der Waals surface area contributed by atoms with Crippen molar-refractivity contribution < 1.29 is 5.11 Å². The van der Waals surface area contributed by atoms with Crippen LogP contribution in [0.4, 0.5) is 0 Å². The molecule has 2 aliphatic heterocycles. The summed E-state index contributed by atoms with van der Waals surface area (Å²) in [5, 5.41) is 10.0. The van der Waals surface area contributed by atoms with Gasteiger partial charge in [0.25, 0.3) is 0 Å². The van der Waals surface area contributed by atoms with Crippen LogP contribution >= 0.6 is 36.6 Å². The lowest BCUT2D eigenvalue weighted by atomic mass is 9.96. The molecule has 0 radical (unpaired) electrons.